The van der Waals surface area contributed by atoms with Crippen LogP contribution >= 0.6 is 23.2 Å². The van der Waals surface area contributed by atoms with Crippen LogP contribution in [0, 0.1) is 0 Å². The van der Waals surface area contributed by atoms with Crippen LogP contribution in [-0.2, 0) is 0 Å². The van der Waals surface area contributed by atoms with Crippen molar-refractivity contribution in [2.75, 3.05) is 5.88 Å². The monoisotopic (exact) mass is 218 g/mol. The van der Waals surface area contributed by atoms with Crippen LogP contribution in [0.4, 0.5) is 5.69 Å². The summed E-state index contributed by atoms with van der Waals surface area (Å²) < 4.78 is 0. The van der Waals surface area contributed by atoms with E-state index >= 15 is 0 Å². The highest BCUT2D eigenvalue weighted by Crippen LogP contribution is 2.27. The molecule has 0 atom stereocenters. The molecule has 0 unspecified atom stereocenters. The molecule has 70 valence electrons. The van der Waals surface area contributed by atoms with Gasteiger partial charge in [0, 0.05) is 0 Å². The molecular weight excluding hydrogens is 211 g/mol. The van der Waals surface area contributed by atoms with E-state index in [9.17, 15) is 0 Å². The first kappa shape index (κ1) is 10.2. The molecule has 0 aliphatic rings. The van der Waals surface area contributed by atoms with E-state index in [2.05, 4.69) is 4.99 Å². The van der Waals surface area contributed by atoms with Gasteiger partial charge in [0.05, 0.1) is 16.6 Å². The lowest BCUT2D eigenvalue weighted by atomic mass is 10.3. The number of hydrogen-bond acceptors (Lipinski definition) is 2. The number of benzene rings is 1. The average Bonchev–Trinajstić information content (AvgIpc) is 2.11. The Hall–Kier alpha value is -0.930. The molecule has 0 heterocycles. The van der Waals surface area contributed by atoms with Crippen LogP contribution < -0.4 is 5.73 Å². The molecule has 0 amide bonds. The fraction of sp³-hybridized carbons (Fsp3) is 0.125. The van der Waals surface area contributed by atoms with E-state index in [-0.39, 0.29) is 16.7 Å². The second-order valence-corrected chi connectivity index (χ2v) is 3.05. The van der Waals surface area contributed by atoms with Crippen molar-refractivity contribution in [1.82, 2.24) is 0 Å². The molecule has 0 bridgehead atoms. The third-order valence-corrected chi connectivity index (χ3v) is 1.92. The minimum absolute atomic E-state index is 0.0186. The van der Waals surface area contributed by atoms with Gasteiger partial charge >= 0.3 is 0 Å². The van der Waals surface area contributed by atoms with Gasteiger partial charge in [0.15, 0.2) is 0 Å². The minimum atomic E-state index is 0.0186. The van der Waals surface area contributed by atoms with E-state index < -0.39 is 0 Å². The summed E-state index contributed by atoms with van der Waals surface area (Å²) in [5.41, 5.74) is 5.98. The third-order valence-electron chi connectivity index (χ3n) is 1.34. The number of aromatic hydroxyl groups is 1. The van der Waals surface area contributed by atoms with Gasteiger partial charge in [0.2, 0.25) is 0 Å². The number of nitrogens with two attached hydrogens (primary N) is 1. The lowest BCUT2D eigenvalue weighted by Gasteiger charge is -1.98. The quantitative estimate of drug-likeness (QED) is 0.455. The van der Waals surface area contributed by atoms with E-state index in [1.54, 1.807) is 6.07 Å². The van der Waals surface area contributed by atoms with Gasteiger partial charge in [-0.1, -0.05) is 11.6 Å². The highest BCUT2D eigenvalue weighted by atomic mass is 35.5. The third kappa shape index (κ3) is 2.79. The number of phenolic OH excluding ortho intramolecular Hbond substituents is 1. The maximum absolute atomic E-state index is 9.10. The van der Waals surface area contributed by atoms with Crippen molar-refractivity contribution >= 4 is 34.7 Å². The number of nitrogens with zero attached hydrogens (tertiary/aromatic N) is 1. The van der Waals surface area contributed by atoms with Crippen LogP contribution in [0.1, 0.15) is 0 Å². The maximum Gasteiger partial charge on any atom is 0.134 e. The molecule has 3 N–H and O–H groups in total. The minimum Gasteiger partial charge on any atom is -0.506 e. The van der Waals surface area contributed by atoms with Gasteiger partial charge in [-0.15, -0.1) is 11.6 Å². The zero-order valence-corrected chi connectivity index (χ0v) is 8.18. The van der Waals surface area contributed by atoms with Gasteiger partial charge in [-0.05, 0) is 18.2 Å². The molecule has 0 radical (unpaired) electrons. The summed E-state index contributed by atoms with van der Waals surface area (Å²) in [5.74, 6) is 0.492. The molecule has 1 rings (SSSR count). The SMILES string of the molecule is NC(CCl)=Nc1ccc(O)c(Cl)c1. The topological polar surface area (TPSA) is 58.6 Å². The standard InChI is InChI=1S/C8H8Cl2N2O/c9-4-8(11)12-5-1-2-7(13)6(10)3-5/h1-3,13H,4H2,(H2,11,12). The molecular formula is C8H8Cl2N2O. The van der Waals surface area contributed by atoms with E-state index in [1.807, 2.05) is 0 Å². The van der Waals surface area contributed by atoms with Crippen molar-refractivity contribution in [3.63, 3.8) is 0 Å². The zero-order valence-electron chi connectivity index (χ0n) is 6.67. The Bertz CT molecular complexity index is 339. The predicted octanol–water partition coefficient (Wildman–Crippen LogP) is 2.27. The first-order valence-corrected chi connectivity index (χ1v) is 4.42. The first-order chi connectivity index (χ1) is 6.13. The van der Waals surface area contributed by atoms with Gasteiger partial charge in [-0.2, -0.15) is 0 Å². The number of alkyl halides is 1. The van der Waals surface area contributed by atoms with Gasteiger partial charge in [0.1, 0.15) is 11.6 Å². The van der Waals surface area contributed by atoms with Crippen molar-refractivity contribution in [3.05, 3.63) is 23.2 Å². The van der Waals surface area contributed by atoms with Crippen LogP contribution in [-0.4, -0.2) is 16.8 Å². The van der Waals surface area contributed by atoms with Crippen molar-refractivity contribution in [2.45, 2.75) is 0 Å². The van der Waals surface area contributed by atoms with Gasteiger partial charge < -0.3 is 10.8 Å². The van der Waals surface area contributed by atoms with E-state index in [4.69, 9.17) is 34.0 Å². The molecule has 0 aliphatic heterocycles. The van der Waals surface area contributed by atoms with Crippen LogP contribution in [0.25, 0.3) is 0 Å². The van der Waals surface area contributed by atoms with Crippen molar-refractivity contribution in [3.8, 4) is 5.75 Å². The van der Waals surface area contributed by atoms with E-state index in [0.29, 0.717) is 11.5 Å². The average molecular weight is 219 g/mol. The molecule has 1 aromatic rings. The summed E-state index contributed by atoms with van der Waals surface area (Å²) in [6.07, 6.45) is 0. The molecule has 13 heavy (non-hydrogen) atoms. The number of hydrogen-bond donors (Lipinski definition) is 2. The molecule has 5 heteroatoms. The summed E-state index contributed by atoms with van der Waals surface area (Å²) in [5, 5.41) is 9.34. The summed E-state index contributed by atoms with van der Waals surface area (Å²) in [6.45, 7) is 0. The van der Waals surface area contributed by atoms with Gasteiger partial charge in [0.25, 0.3) is 0 Å². The summed E-state index contributed by atoms with van der Waals surface area (Å²) in [7, 11) is 0. The highest BCUT2D eigenvalue weighted by Gasteiger charge is 1.98. The number of aliphatic imine (C=N–C) groups is 1. The van der Waals surface area contributed by atoms with Gasteiger partial charge in [-0.25, -0.2) is 4.99 Å². The predicted molar refractivity (Wildman–Crippen MR) is 55.1 cm³/mol. The molecule has 1 aromatic carbocycles. The normalized spacial score (nSPS) is 11.7. The summed E-state index contributed by atoms with van der Waals surface area (Å²) in [4.78, 5) is 3.95. The molecule has 0 spiro atoms. The fourth-order valence-corrected chi connectivity index (χ4v) is 0.996. The number of halogens is 2. The Morgan fingerprint density at radius 3 is 2.77 bits per heavy atom. The van der Waals surface area contributed by atoms with Crippen LogP contribution in [0.15, 0.2) is 23.2 Å². The first-order valence-electron chi connectivity index (χ1n) is 3.51. The summed E-state index contributed by atoms with van der Waals surface area (Å²) in [6, 6.07) is 4.56. The number of phenols is 1. The Labute approximate surface area is 85.8 Å². The van der Waals surface area contributed by atoms with E-state index in [0.717, 1.165) is 0 Å². The van der Waals surface area contributed by atoms with Gasteiger partial charge in [-0.3, -0.25) is 0 Å². The Morgan fingerprint density at radius 2 is 2.23 bits per heavy atom. The number of amidine groups is 1. The summed E-state index contributed by atoms with van der Waals surface area (Å²) >= 11 is 11.1. The van der Waals surface area contributed by atoms with Crippen molar-refractivity contribution in [1.29, 1.82) is 0 Å². The molecule has 0 fully saturated rings. The Balaban J connectivity index is 2.98. The maximum atomic E-state index is 9.10. The van der Waals surface area contributed by atoms with Crippen LogP contribution in [0.5, 0.6) is 5.75 Å². The lowest BCUT2D eigenvalue weighted by molar-refractivity contribution is 0.475. The fourth-order valence-electron chi connectivity index (χ4n) is 0.761. The highest BCUT2D eigenvalue weighted by molar-refractivity contribution is 6.32. The van der Waals surface area contributed by atoms with Crippen molar-refractivity contribution < 1.29 is 5.11 Å². The lowest BCUT2D eigenvalue weighted by Crippen LogP contribution is -2.12. The second kappa shape index (κ2) is 4.35. The number of rotatable bonds is 2. The largest absolute Gasteiger partial charge is 0.506 e. The molecule has 3 nitrogen and oxygen atoms in total. The molecule has 0 aliphatic carbocycles. The molecule has 0 saturated carbocycles. The van der Waals surface area contributed by atoms with E-state index in [1.165, 1.54) is 12.1 Å². The Kier molecular flexibility index (Phi) is 3.39. The zero-order chi connectivity index (χ0) is 9.84. The van der Waals surface area contributed by atoms with Crippen LogP contribution in [0.3, 0.4) is 0 Å². The smallest absolute Gasteiger partial charge is 0.134 e. The van der Waals surface area contributed by atoms with Crippen molar-refractivity contribution in [2.24, 2.45) is 10.7 Å². The second-order valence-electron chi connectivity index (χ2n) is 2.37. The van der Waals surface area contributed by atoms with Crippen LogP contribution in [0.2, 0.25) is 5.02 Å². The Morgan fingerprint density at radius 1 is 1.54 bits per heavy atom. The molecule has 0 aromatic heterocycles. The molecule has 0 saturated heterocycles.